The standard InChI is InChI=1S/C23H28F3N3O/c1-17(2)22(18-7-4-3-5-8-18)27-16-21(30)29-13-11-28(12-14-29)20-10-6-9-19(15-20)23(24,25)26/h3-10,15,17,22,27H,11-14,16H2,1-2H3/t22-/m1/s1. The lowest BCUT2D eigenvalue weighted by molar-refractivity contribution is -0.137. The first-order valence-electron chi connectivity index (χ1n) is 10.2. The Labute approximate surface area is 175 Å². The Kier molecular flexibility index (Phi) is 7.02. The molecule has 0 bridgehead atoms. The van der Waals surface area contributed by atoms with Crippen LogP contribution >= 0.6 is 0 Å². The Bertz CT molecular complexity index is 831. The predicted molar refractivity (Wildman–Crippen MR) is 112 cm³/mol. The second-order valence-electron chi connectivity index (χ2n) is 7.93. The smallest absolute Gasteiger partial charge is 0.368 e. The van der Waals surface area contributed by atoms with Crippen LogP contribution in [0.1, 0.15) is 31.0 Å². The predicted octanol–water partition coefficient (Wildman–Crippen LogP) is 4.34. The van der Waals surface area contributed by atoms with E-state index < -0.39 is 11.7 Å². The average molecular weight is 419 g/mol. The molecule has 1 amide bonds. The summed E-state index contributed by atoms with van der Waals surface area (Å²) in [5.41, 5.74) is 1.04. The van der Waals surface area contributed by atoms with Crippen molar-refractivity contribution in [3.63, 3.8) is 0 Å². The second-order valence-corrected chi connectivity index (χ2v) is 7.93. The largest absolute Gasteiger partial charge is 0.416 e. The average Bonchev–Trinajstić information content (AvgIpc) is 2.74. The Hall–Kier alpha value is -2.54. The number of nitrogens with one attached hydrogen (secondary N) is 1. The molecule has 4 nitrogen and oxygen atoms in total. The molecule has 1 aliphatic heterocycles. The SMILES string of the molecule is CC(C)[C@@H](NCC(=O)N1CCN(c2cccc(C(F)(F)F)c2)CC1)c1ccccc1. The Morgan fingerprint density at radius 2 is 1.67 bits per heavy atom. The van der Waals surface area contributed by atoms with Crippen molar-refractivity contribution in [1.29, 1.82) is 0 Å². The molecular weight excluding hydrogens is 391 g/mol. The number of carbonyl (C=O) groups is 1. The second kappa shape index (κ2) is 9.51. The van der Waals surface area contributed by atoms with E-state index in [4.69, 9.17) is 0 Å². The number of nitrogens with zero attached hydrogens (tertiary/aromatic N) is 2. The van der Waals surface area contributed by atoms with Crippen LogP contribution in [-0.2, 0) is 11.0 Å². The molecule has 2 aromatic carbocycles. The van der Waals surface area contributed by atoms with Gasteiger partial charge in [0.15, 0.2) is 0 Å². The van der Waals surface area contributed by atoms with Gasteiger partial charge in [-0.25, -0.2) is 0 Å². The third-order valence-corrected chi connectivity index (χ3v) is 5.47. The van der Waals surface area contributed by atoms with Gasteiger partial charge in [0.25, 0.3) is 0 Å². The van der Waals surface area contributed by atoms with Crippen molar-refractivity contribution in [1.82, 2.24) is 10.2 Å². The van der Waals surface area contributed by atoms with E-state index >= 15 is 0 Å². The van der Waals surface area contributed by atoms with Gasteiger partial charge < -0.3 is 15.1 Å². The molecule has 1 aliphatic rings. The summed E-state index contributed by atoms with van der Waals surface area (Å²) in [7, 11) is 0. The summed E-state index contributed by atoms with van der Waals surface area (Å²) in [4.78, 5) is 16.4. The van der Waals surface area contributed by atoms with E-state index in [1.54, 1.807) is 11.0 Å². The fourth-order valence-electron chi connectivity index (χ4n) is 3.80. The van der Waals surface area contributed by atoms with E-state index in [0.717, 1.165) is 11.6 Å². The van der Waals surface area contributed by atoms with Crippen molar-refractivity contribution in [3.05, 3.63) is 65.7 Å². The Morgan fingerprint density at radius 3 is 2.27 bits per heavy atom. The maximum Gasteiger partial charge on any atom is 0.416 e. The quantitative estimate of drug-likeness (QED) is 0.757. The molecule has 0 unspecified atom stereocenters. The van der Waals surface area contributed by atoms with Crippen molar-refractivity contribution in [2.45, 2.75) is 26.1 Å². The normalized spacial score (nSPS) is 16.1. The first-order valence-corrected chi connectivity index (χ1v) is 10.2. The zero-order valence-corrected chi connectivity index (χ0v) is 17.3. The highest BCUT2D eigenvalue weighted by atomic mass is 19.4. The summed E-state index contributed by atoms with van der Waals surface area (Å²) in [5.74, 6) is 0.346. The van der Waals surface area contributed by atoms with Crippen LogP contribution in [0.3, 0.4) is 0 Å². The lowest BCUT2D eigenvalue weighted by Gasteiger charge is -2.36. The molecule has 1 N–H and O–H groups in total. The van der Waals surface area contributed by atoms with E-state index in [-0.39, 0.29) is 18.5 Å². The van der Waals surface area contributed by atoms with Gasteiger partial charge in [-0.2, -0.15) is 13.2 Å². The maximum absolute atomic E-state index is 13.0. The number of amides is 1. The summed E-state index contributed by atoms with van der Waals surface area (Å²) in [6.45, 7) is 6.48. The van der Waals surface area contributed by atoms with Crippen molar-refractivity contribution >= 4 is 11.6 Å². The number of carbonyl (C=O) groups excluding carboxylic acids is 1. The van der Waals surface area contributed by atoms with Crippen molar-refractivity contribution in [2.75, 3.05) is 37.6 Å². The summed E-state index contributed by atoms with van der Waals surface area (Å²) in [6.07, 6.45) is -4.36. The van der Waals surface area contributed by atoms with E-state index in [1.807, 2.05) is 23.1 Å². The van der Waals surface area contributed by atoms with Crippen LogP contribution in [0.4, 0.5) is 18.9 Å². The highest BCUT2D eigenvalue weighted by Gasteiger charge is 2.31. The third-order valence-electron chi connectivity index (χ3n) is 5.47. The van der Waals surface area contributed by atoms with Crippen LogP contribution in [0.15, 0.2) is 54.6 Å². The fourth-order valence-corrected chi connectivity index (χ4v) is 3.80. The van der Waals surface area contributed by atoms with Gasteiger partial charge in [-0.05, 0) is 29.7 Å². The lowest BCUT2D eigenvalue weighted by atomic mass is 9.96. The van der Waals surface area contributed by atoms with Crippen LogP contribution in [0.25, 0.3) is 0 Å². The van der Waals surface area contributed by atoms with Crippen LogP contribution in [0.5, 0.6) is 0 Å². The van der Waals surface area contributed by atoms with Crippen LogP contribution in [0.2, 0.25) is 0 Å². The number of halogens is 3. The number of alkyl halides is 3. The zero-order chi connectivity index (χ0) is 21.7. The van der Waals surface area contributed by atoms with E-state index in [0.29, 0.717) is 37.8 Å². The van der Waals surface area contributed by atoms with Crippen molar-refractivity contribution in [3.8, 4) is 0 Å². The highest BCUT2D eigenvalue weighted by Crippen LogP contribution is 2.32. The maximum atomic E-state index is 13.0. The number of benzene rings is 2. The molecule has 1 atom stereocenters. The van der Waals surface area contributed by atoms with Gasteiger partial charge in [-0.15, -0.1) is 0 Å². The summed E-state index contributed by atoms with van der Waals surface area (Å²) >= 11 is 0. The molecule has 2 aromatic rings. The minimum absolute atomic E-state index is 0.0141. The first-order chi connectivity index (χ1) is 14.3. The van der Waals surface area contributed by atoms with E-state index in [2.05, 4.69) is 31.3 Å². The van der Waals surface area contributed by atoms with Gasteiger partial charge >= 0.3 is 6.18 Å². The van der Waals surface area contributed by atoms with Crippen LogP contribution in [0, 0.1) is 5.92 Å². The number of hydrogen-bond donors (Lipinski definition) is 1. The monoisotopic (exact) mass is 419 g/mol. The first kappa shape index (κ1) is 22.2. The fraction of sp³-hybridized carbons (Fsp3) is 0.435. The van der Waals surface area contributed by atoms with Crippen molar-refractivity contribution < 1.29 is 18.0 Å². The van der Waals surface area contributed by atoms with Gasteiger partial charge in [0.1, 0.15) is 0 Å². The molecule has 3 rings (SSSR count). The number of anilines is 1. The van der Waals surface area contributed by atoms with Gasteiger partial charge in [0, 0.05) is 37.9 Å². The van der Waals surface area contributed by atoms with Crippen molar-refractivity contribution in [2.24, 2.45) is 5.92 Å². The molecule has 0 radical (unpaired) electrons. The number of piperazine rings is 1. The molecule has 162 valence electrons. The third kappa shape index (κ3) is 5.53. The van der Waals surface area contributed by atoms with E-state index in [9.17, 15) is 18.0 Å². The summed E-state index contributed by atoms with van der Waals surface area (Å²) in [6, 6.07) is 15.5. The molecule has 0 aliphatic carbocycles. The minimum atomic E-state index is -4.36. The molecule has 0 spiro atoms. The molecule has 1 fully saturated rings. The van der Waals surface area contributed by atoms with Gasteiger partial charge in [0.05, 0.1) is 12.1 Å². The van der Waals surface area contributed by atoms with Crippen LogP contribution < -0.4 is 10.2 Å². The lowest BCUT2D eigenvalue weighted by Crippen LogP contribution is -2.51. The minimum Gasteiger partial charge on any atom is -0.368 e. The molecule has 1 heterocycles. The molecule has 30 heavy (non-hydrogen) atoms. The number of hydrogen-bond acceptors (Lipinski definition) is 3. The summed E-state index contributed by atoms with van der Waals surface area (Å²) < 4.78 is 38.9. The highest BCUT2D eigenvalue weighted by molar-refractivity contribution is 5.78. The van der Waals surface area contributed by atoms with Gasteiger partial charge in [0.2, 0.25) is 5.91 Å². The molecule has 7 heteroatoms. The zero-order valence-electron chi connectivity index (χ0n) is 17.3. The van der Waals surface area contributed by atoms with Crippen LogP contribution in [-0.4, -0.2) is 43.5 Å². The molecule has 0 saturated carbocycles. The Balaban J connectivity index is 1.54. The van der Waals surface area contributed by atoms with Gasteiger partial charge in [-0.3, -0.25) is 4.79 Å². The van der Waals surface area contributed by atoms with E-state index in [1.165, 1.54) is 12.1 Å². The molecule has 1 saturated heterocycles. The molecular formula is C23H28F3N3O. The number of rotatable bonds is 6. The topological polar surface area (TPSA) is 35.6 Å². The molecule has 0 aromatic heterocycles. The summed E-state index contributed by atoms with van der Waals surface area (Å²) in [5, 5.41) is 3.37. The van der Waals surface area contributed by atoms with Gasteiger partial charge in [-0.1, -0.05) is 50.2 Å². The Morgan fingerprint density at radius 1 is 1.00 bits per heavy atom.